The fraction of sp³-hybridized carbons (Fsp3) is 0.143. The average Bonchev–Trinajstić information content (AvgIpc) is 2.15. The van der Waals surface area contributed by atoms with E-state index in [9.17, 15) is 18.0 Å². The van der Waals surface area contributed by atoms with Crippen LogP contribution in [0.3, 0.4) is 0 Å². The Morgan fingerprint density at radius 3 is 2.27 bits per heavy atom. The Hall–Kier alpha value is -2.35. The minimum absolute atomic E-state index is 0.587. The fourth-order valence-electron chi connectivity index (χ4n) is 0.804. The number of aromatic nitrogens is 2. The van der Waals surface area contributed by atoms with Crippen molar-refractivity contribution in [3.8, 4) is 12.1 Å². The number of nitrogens with one attached hydrogen (secondary N) is 1. The summed E-state index contributed by atoms with van der Waals surface area (Å²) in [7, 11) is 0. The van der Waals surface area contributed by atoms with Gasteiger partial charge in [-0.3, -0.25) is 4.79 Å². The largest absolute Gasteiger partial charge is 0.438 e. The molecule has 0 aliphatic heterocycles. The number of aromatic amines is 1. The monoisotopic (exact) mass is 214 g/mol. The third kappa shape index (κ3) is 1.94. The molecule has 1 rings (SSSR count). The lowest BCUT2D eigenvalue weighted by Crippen LogP contribution is -2.25. The van der Waals surface area contributed by atoms with Crippen LogP contribution in [0.25, 0.3) is 0 Å². The van der Waals surface area contributed by atoms with Gasteiger partial charge in [-0.05, 0) is 0 Å². The molecule has 0 aliphatic rings. The van der Waals surface area contributed by atoms with Crippen LogP contribution in [-0.4, -0.2) is 9.97 Å². The van der Waals surface area contributed by atoms with E-state index in [4.69, 9.17) is 10.5 Å². The van der Waals surface area contributed by atoms with Crippen LogP contribution >= 0.6 is 0 Å². The number of rotatable bonds is 0. The second-order valence-electron chi connectivity index (χ2n) is 2.36. The lowest BCUT2D eigenvalue weighted by Gasteiger charge is -2.04. The second-order valence-corrected chi connectivity index (χ2v) is 2.36. The molecule has 0 radical (unpaired) electrons. The first kappa shape index (κ1) is 10.7. The zero-order valence-electron chi connectivity index (χ0n) is 6.88. The van der Waals surface area contributed by atoms with E-state index in [1.165, 1.54) is 12.1 Å². The quantitative estimate of drug-likeness (QED) is 0.681. The molecule has 5 nitrogen and oxygen atoms in total. The summed E-state index contributed by atoms with van der Waals surface area (Å²) in [5, 5.41) is 16.8. The van der Waals surface area contributed by atoms with Crippen molar-refractivity contribution in [1.29, 1.82) is 10.5 Å². The number of nitrogens with zero attached hydrogens (tertiary/aromatic N) is 3. The molecule has 1 heterocycles. The summed E-state index contributed by atoms with van der Waals surface area (Å²) in [5.41, 5.74) is -4.63. The Balaban J connectivity index is 3.57. The Morgan fingerprint density at radius 2 is 1.87 bits per heavy atom. The van der Waals surface area contributed by atoms with Gasteiger partial charge in [-0.2, -0.15) is 23.7 Å². The zero-order chi connectivity index (χ0) is 11.6. The van der Waals surface area contributed by atoms with Crippen molar-refractivity contribution < 1.29 is 13.2 Å². The van der Waals surface area contributed by atoms with Gasteiger partial charge in [0.25, 0.3) is 5.56 Å². The minimum Gasteiger partial charge on any atom is -0.309 e. The maximum absolute atomic E-state index is 12.1. The van der Waals surface area contributed by atoms with E-state index >= 15 is 0 Å². The molecular weight excluding hydrogens is 213 g/mol. The predicted molar refractivity (Wildman–Crippen MR) is 39.3 cm³/mol. The maximum atomic E-state index is 12.1. The van der Waals surface area contributed by atoms with Crippen LogP contribution in [0, 0.1) is 22.7 Å². The first-order chi connectivity index (χ1) is 6.90. The van der Waals surface area contributed by atoms with Gasteiger partial charge >= 0.3 is 6.18 Å². The molecule has 0 fully saturated rings. The molecule has 0 saturated carbocycles. The fourth-order valence-corrected chi connectivity index (χ4v) is 0.804. The highest BCUT2D eigenvalue weighted by atomic mass is 19.4. The van der Waals surface area contributed by atoms with Crippen LogP contribution in [0.5, 0.6) is 0 Å². The van der Waals surface area contributed by atoms with Crippen LogP contribution < -0.4 is 5.56 Å². The van der Waals surface area contributed by atoms with E-state index in [0.717, 1.165) is 0 Å². The average molecular weight is 214 g/mol. The summed E-state index contributed by atoms with van der Waals surface area (Å²) < 4.78 is 36.4. The van der Waals surface area contributed by atoms with Crippen LogP contribution in [0.15, 0.2) is 4.79 Å². The molecule has 15 heavy (non-hydrogen) atoms. The second kappa shape index (κ2) is 3.42. The van der Waals surface area contributed by atoms with Crippen molar-refractivity contribution in [3.63, 3.8) is 0 Å². The SMILES string of the molecule is N#Cc1nc(C(F)(F)F)c(=O)[nH]c1C#N. The molecule has 1 N–H and O–H groups in total. The van der Waals surface area contributed by atoms with Gasteiger partial charge in [-0.15, -0.1) is 0 Å². The lowest BCUT2D eigenvalue weighted by molar-refractivity contribution is -0.142. The van der Waals surface area contributed by atoms with Crippen molar-refractivity contribution in [3.05, 3.63) is 27.4 Å². The number of hydrogen-bond donors (Lipinski definition) is 1. The number of H-pyrrole nitrogens is 1. The summed E-state index contributed by atoms with van der Waals surface area (Å²) in [6, 6.07) is 2.64. The van der Waals surface area contributed by atoms with E-state index in [-0.39, 0.29) is 0 Å². The third-order valence-electron chi connectivity index (χ3n) is 1.40. The molecular formula is C7HF3N4O. The highest BCUT2D eigenvalue weighted by molar-refractivity contribution is 5.35. The molecule has 0 unspecified atom stereocenters. The van der Waals surface area contributed by atoms with E-state index in [1.807, 2.05) is 0 Å². The number of alkyl halides is 3. The van der Waals surface area contributed by atoms with Crippen molar-refractivity contribution >= 4 is 0 Å². The van der Waals surface area contributed by atoms with Crippen LogP contribution in [-0.2, 0) is 6.18 Å². The number of nitriles is 2. The van der Waals surface area contributed by atoms with Gasteiger partial charge in [0, 0.05) is 0 Å². The summed E-state index contributed by atoms with van der Waals surface area (Å²) in [5.74, 6) is 0. The normalized spacial score (nSPS) is 10.5. The Kier molecular flexibility index (Phi) is 2.45. The Bertz CT molecular complexity index is 531. The molecule has 0 aromatic carbocycles. The summed E-state index contributed by atoms with van der Waals surface area (Å²) in [6.45, 7) is 0. The predicted octanol–water partition coefficient (Wildman–Crippen LogP) is 0.532. The highest BCUT2D eigenvalue weighted by Gasteiger charge is 2.37. The molecule has 76 valence electrons. The standard InChI is InChI=1S/C7HF3N4O/c8-7(9,10)5-6(15)14-4(2-12)3(1-11)13-5/h(H,14,15). The Morgan fingerprint density at radius 1 is 1.27 bits per heavy atom. The molecule has 0 saturated heterocycles. The number of halogens is 3. The van der Waals surface area contributed by atoms with E-state index < -0.39 is 28.8 Å². The maximum Gasteiger partial charge on any atom is 0.438 e. The first-order valence-corrected chi connectivity index (χ1v) is 3.42. The molecule has 0 amide bonds. The molecule has 1 aromatic rings. The van der Waals surface area contributed by atoms with Gasteiger partial charge in [-0.1, -0.05) is 0 Å². The van der Waals surface area contributed by atoms with E-state index in [0.29, 0.717) is 0 Å². The summed E-state index contributed by atoms with van der Waals surface area (Å²) in [6.07, 6.45) is -4.95. The van der Waals surface area contributed by atoms with Gasteiger partial charge in [0.1, 0.15) is 12.1 Å². The highest BCUT2D eigenvalue weighted by Crippen LogP contribution is 2.24. The van der Waals surface area contributed by atoms with Crippen molar-refractivity contribution in [2.24, 2.45) is 0 Å². The molecule has 8 heteroatoms. The summed E-state index contributed by atoms with van der Waals surface area (Å²) >= 11 is 0. The number of hydrogen-bond acceptors (Lipinski definition) is 4. The van der Waals surface area contributed by atoms with Crippen LogP contribution in [0.4, 0.5) is 13.2 Å². The van der Waals surface area contributed by atoms with Crippen LogP contribution in [0.1, 0.15) is 17.1 Å². The third-order valence-corrected chi connectivity index (χ3v) is 1.40. The molecule has 1 aromatic heterocycles. The Labute approximate surface area is 80.4 Å². The van der Waals surface area contributed by atoms with Gasteiger partial charge in [0.2, 0.25) is 5.69 Å². The van der Waals surface area contributed by atoms with E-state index in [1.54, 1.807) is 4.98 Å². The minimum atomic E-state index is -4.95. The summed E-state index contributed by atoms with van der Waals surface area (Å²) in [4.78, 5) is 15.2. The topological polar surface area (TPSA) is 93.3 Å². The lowest BCUT2D eigenvalue weighted by atomic mass is 10.3. The van der Waals surface area contributed by atoms with Crippen molar-refractivity contribution in [2.45, 2.75) is 6.18 Å². The molecule has 0 spiro atoms. The van der Waals surface area contributed by atoms with Crippen molar-refractivity contribution in [1.82, 2.24) is 9.97 Å². The molecule has 0 aliphatic carbocycles. The zero-order valence-corrected chi connectivity index (χ0v) is 6.88. The van der Waals surface area contributed by atoms with Gasteiger partial charge in [-0.25, -0.2) is 4.98 Å². The van der Waals surface area contributed by atoms with Gasteiger partial charge in [0.15, 0.2) is 11.4 Å². The van der Waals surface area contributed by atoms with Crippen molar-refractivity contribution in [2.75, 3.05) is 0 Å². The first-order valence-electron chi connectivity index (χ1n) is 3.42. The van der Waals surface area contributed by atoms with Gasteiger partial charge < -0.3 is 4.98 Å². The molecule has 0 bridgehead atoms. The van der Waals surface area contributed by atoms with E-state index in [2.05, 4.69) is 4.98 Å². The smallest absolute Gasteiger partial charge is 0.309 e. The molecule has 0 atom stereocenters. The van der Waals surface area contributed by atoms with Gasteiger partial charge in [0.05, 0.1) is 0 Å². The van der Waals surface area contributed by atoms with Crippen LogP contribution in [0.2, 0.25) is 0 Å².